The predicted molar refractivity (Wildman–Crippen MR) is 211 cm³/mol. The van der Waals surface area contributed by atoms with E-state index in [-0.39, 0.29) is 5.75 Å². The highest BCUT2D eigenvalue weighted by Crippen LogP contribution is 2.77. The van der Waals surface area contributed by atoms with Gasteiger partial charge >= 0.3 is 24.6 Å². The second-order valence-electron chi connectivity index (χ2n) is 11.4. The van der Waals surface area contributed by atoms with Crippen molar-refractivity contribution in [2.24, 2.45) is 4.52 Å². The Kier molecular flexibility index (Phi) is 10.8. The number of anilines is 5. The number of benzene rings is 6. The van der Waals surface area contributed by atoms with Gasteiger partial charge in [0.05, 0.1) is 0 Å². The van der Waals surface area contributed by atoms with E-state index in [4.69, 9.17) is 61.0 Å². The Labute approximate surface area is 312 Å². The maximum Gasteiger partial charge on any atom is 0.447 e. The van der Waals surface area contributed by atoms with Gasteiger partial charge in [0.25, 0.3) is 0 Å². The third kappa shape index (κ3) is 8.80. The molecule has 54 heavy (non-hydrogen) atoms. The molecule has 10 N–H and O–H groups in total. The molecule has 276 valence electrons. The van der Waals surface area contributed by atoms with E-state index in [2.05, 4.69) is 0 Å². The van der Waals surface area contributed by atoms with Crippen molar-refractivity contribution < 1.29 is 32.2 Å². The molecule has 3 unspecified atom stereocenters. The van der Waals surface area contributed by atoms with Crippen molar-refractivity contribution in [1.82, 2.24) is 9.21 Å². The van der Waals surface area contributed by atoms with Crippen molar-refractivity contribution in [3.05, 3.63) is 151 Å². The van der Waals surface area contributed by atoms with Crippen LogP contribution in [0.25, 0.3) is 0 Å². The van der Waals surface area contributed by atoms with Gasteiger partial charge in [-0.2, -0.15) is 0 Å². The molecule has 0 saturated carbocycles. The molecule has 0 radical (unpaired) electrons. The second-order valence-corrected chi connectivity index (χ2v) is 17.0. The van der Waals surface area contributed by atoms with Gasteiger partial charge in [-0.15, -0.1) is 4.52 Å². The number of halogens is 1. The lowest BCUT2D eigenvalue weighted by Gasteiger charge is -2.43. The van der Waals surface area contributed by atoms with E-state index in [0.29, 0.717) is 57.2 Å². The summed E-state index contributed by atoms with van der Waals surface area (Å²) in [6.45, 7) is 0. The van der Waals surface area contributed by atoms with Gasteiger partial charge in [0.2, 0.25) is 0 Å². The highest BCUT2D eigenvalue weighted by atomic mass is 31.3. The van der Waals surface area contributed by atoms with Gasteiger partial charge in [-0.3, -0.25) is 0 Å². The monoisotopic (exact) mass is 786 g/mol. The molecule has 0 aromatic heterocycles. The number of nitrogen functional groups attached to an aromatic ring is 5. The molecule has 3 atom stereocenters. The lowest BCUT2D eigenvalue weighted by atomic mass is 10.3. The van der Waals surface area contributed by atoms with Crippen LogP contribution in [0.5, 0.6) is 34.5 Å². The first-order valence-corrected chi connectivity index (χ1v) is 19.9. The standard InChI is InChI=1S/C36H34FN8O6P3/c37-25-1-13-35(14-2-25)50-54(51-36-23-11-30(42)12-24-36)43-52(48-33-19-7-28(40)8-20-33)44(46-31-15-3-26(38)4-16-31)53(49-34-21-9-29(41)10-22-34)45(54)47-32-17-5-27(39)6-18-32/h1-24H,38-42H2. The van der Waals surface area contributed by atoms with Crippen molar-refractivity contribution in [2.45, 2.75) is 0 Å². The molecule has 14 nitrogen and oxygen atoms in total. The Morgan fingerprint density at radius 1 is 0.444 bits per heavy atom. The first-order valence-electron chi connectivity index (χ1n) is 16.1. The lowest BCUT2D eigenvalue weighted by Crippen LogP contribution is -2.37. The fraction of sp³-hybridized carbons (Fsp3) is 0. The summed E-state index contributed by atoms with van der Waals surface area (Å²) < 4.78 is 49.2. The minimum atomic E-state index is -4.05. The van der Waals surface area contributed by atoms with Gasteiger partial charge < -0.3 is 56.4 Å². The second kappa shape index (κ2) is 16.0. The Hall–Kier alpha value is -5.94. The zero-order chi connectivity index (χ0) is 37.7. The number of rotatable bonds is 12. The summed E-state index contributed by atoms with van der Waals surface area (Å²) in [6.07, 6.45) is 0. The van der Waals surface area contributed by atoms with Crippen LogP contribution in [0.3, 0.4) is 0 Å². The zero-order valence-corrected chi connectivity index (χ0v) is 30.9. The van der Waals surface area contributed by atoms with Gasteiger partial charge in [0, 0.05) is 37.6 Å². The smallest absolute Gasteiger partial charge is 0.440 e. The number of nitrogens with two attached hydrogens (primary N) is 5. The van der Waals surface area contributed by atoms with E-state index in [1.165, 1.54) is 33.5 Å². The molecule has 6 aromatic rings. The molecule has 1 aliphatic heterocycles. The topological polar surface area (TPSA) is 204 Å². The fourth-order valence-electron chi connectivity index (χ4n) is 4.59. The molecular formula is C36H34FN8O6P3. The number of hydrogen-bond acceptors (Lipinski definition) is 14. The molecule has 0 fully saturated rings. The fourth-order valence-corrected chi connectivity index (χ4v) is 12.1. The van der Waals surface area contributed by atoms with Gasteiger partial charge in [-0.05, 0) is 146 Å². The molecule has 0 bridgehead atoms. The van der Waals surface area contributed by atoms with Crippen molar-refractivity contribution in [1.29, 1.82) is 0 Å². The van der Waals surface area contributed by atoms with Crippen LogP contribution in [-0.4, -0.2) is 9.21 Å². The highest BCUT2D eigenvalue weighted by Gasteiger charge is 2.58. The van der Waals surface area contributed by atoms with Crippen LogP contribution in [0.15, 0.2) is 150 Å². The molecule has 0 saturated heterocycles. The van der Waals surface area contributed by atoms with Gasteiger partial charge in [0.15, 0.2) is 0 Å². The van der Waals surface area contributed by atoms with Crippen LogP contribution in [-0.2, 0) is 0 Å². The average molecular weight is 787 g/mol. The molecule has 6 aromatic carbocycles. The maximum atomic E-state index is 14.3. The van der Waals surface area contributed by atoms with Crippen LogP contribution in [0.4, 0.5) is 32.8 Å². The maximum absolute atomic E-state index is 14.3. The average Bonchev–Trinajstić information content (AvgIpc) is 3.16. The lowest BCUT2D eigenvalue weighted by molar-refractivity contribution is 0.0546. The summed E-state index contributed by atoms with van der Waals surface area (Å²) in [6, 6.07) is 39.0. The van der Waals surface area contributed by atoms with E-state index >= 15 is 0 Å². The quantitative estimate of drug-likeness (QED) is 0.0580. The van der Waals surface area contributed by atoms with E-state index in [0.717, 1.165) is 0 Å². The van der Waals surface area contributed by atoms with E-state index < -0.39 is 30.4 Å². The minimum Gasteiger partial charge on any atom is -0.440 e. The third-order valence-electron chi connectivity index (χ3n) is 7.26. The summed E-state index contributed by atoms with van der Waals surface area (Å²) in [5.41, 5.74) is 32.7. The Bertz CT molecular complexity index is 2170. The molecule has 18 heteroatoms. The predicted octanol–water partition coefficient (Wildman–Crippen LogP) is 9.36. The van der Waals surface area contributed by atoms with Crippen LogP contribution >= 0.6 is 24.6 Å². The van der Waals surface area contributed by atoms with Gasteiger partial charge in [-0.1, -0.05) is 0 Å². The van der Waals surface area contributed by atoms with Crippen LogP contribution in [0.2, 0.25) is 0 Å². The molecule has 0 aliphatic carbocycles. The van der Waals surface area contributed by atoms with E-state index in [1.54, 1.807) is 121 Å². The van der Waals surface area contributed by atoms with Crippen molar-refractivity contribution in [3.8, 4) is 34.5 Å². The first kappa shape index (κ1) is 36.4. The van der Waals surface area contributed by atoms with Gasteiger partial charge in [0.1, 0.15) is 40.3 Å². The molecule has 1 aliphatic rings. The molecule has 0 spiro atoms. The Morgan fingerprint density at radius 3 is 1.24 bits per heavy atom. The highest BCUT2D eigenvalue weighted by molar-refractivity contribution is 7.78. The van der Waals surface area contributed by atoms with Crippen LogP contribution in [0.1, 0.15) is 0 Å². The summed E-state index contributed by atoms with van der Waals surface area (Å²) in [4.78, 5) is 13.3. The van der Waals surface area contributed by atoms with Gasteiger partial charge in [-0.25, -0.2) is 4.39 Å². The first-order chi connectivity index (χ1) is 26.1. The van der Waals surface area contributed by atoms with Crippen molar-refractivity contribution in [2.75, 3.05) is 28.7 Å². The SMILES string of the molecule is Nc1ccc(ON2P(Oc3ccc(N)cc3)N=P(Oc3ccc(N)cc3)(Oc3ccc(F)cc3)N(Oc3ccc(N)cc3)P2Oc2ccc(N)cc2)cc1. The molecule has 0 amide bonds. The van der Waals surface area contributed by atoms with E-state index in [1.807, 2.05) is 0 Å². The summed E-state index contributed by atoms with van der Waals surface area (Å²) in [7, 11) is -8.72. The van der Waals surface area contributed by atoms with Crippen LogP contribution < -0.4 is 56.4 Å². The van der Waals surface area contributed by atoms with Crippen molar-refractivity contribution >= 4 is 53.0 Å². The third-order valence-corrected chi connectivity index (χ3v) is 14.1. The number of hydrogen-bond donors (Lipinski definition) is 5. The summed E-state index contributed by atoms with van der Waals surface area (Å²) in [5.74, 6) is 1.50. The Morgan fingerprint density at radius 2 is 0.796 bits per heavy atom. The molecule has 1 heterocycles. The molecular weight excluding hydrogens is 752 g/mol. The normalized spacial score (nSPS) is 18.5. The molecule has 7 rings (SSSR count). The summed E-state index contributed by atoms with van der Waals surface area (Å²) >= 11 is 0. The van der Waals surface area contributed by atoms with Crippen molar-refractivity contribution in [3.63, 3.8) is 0 Å². The largest absolute Gasteiger partial charge is 0.447 e. The zero-order valence-electron chi connectivity index (χ0n) is 28.3. The van der Waals surface area contributed by atoms with Crippen LogP contribution in [0, 0.1) is 5.82 Å². The number of nitrogens with zero attached hydrogens (tertiary/aromatic N) is 3. The Balaban J connectivity index is 1.48. The minimum absolute atomic E-state index is 0.201. The summed E-state index contributed by atoms with van der Waals surface area (Å²) in [5, 5.41) is 0. The van der Waals surface area contributed by atoms with E-state index in [9.17, 15) is 4.39 Å².